The van der Waals surface area contributed by atoms with Crippen LogP contribution in [0.5, 0.6) is 0 Å². The predicted molar refractivity (Wildman–Crippen MR) is 223 cm³/mol. The van der Waals surface area contributed by atoms with Crippen molar-refractivity contribution in [2.75, 3.05) is 45.8 Å². The number of benzene rings is 1. The monoisotopic (exact) mass is 853 g/mol. The molecular formula is C43H63N7O9S. The molecule has 1 aliphatic carbocycles. The highest BCUT2D eigenvalue weighted by Crippen LogP contribution is 2.46. The molecule has 6 aliphatic rings. The zero-order valence-corrected chi connectivity index (χ0v) is 36.2. The second-order valence-corrected chi connectivity index (χ2v) is 20.0. The van der Waals surface area contributed by atoms with E-state index in [2.05, 4.69) is 32.4 Å². The highest BCUT2D eigenvalue weighted by Gasteiger charge is 2.62. The van der Waals surface area contributed by atoms with E-state index in [0.29, 0.717) is 58.3 Å². The molecule has 1 aromatic carbocycles. The molecule has 3 N–H and O–H groups in total. The molecule has 5 aliphatic heterocycles. The summed E-state index contributed by atoms with van der Waals surface area (Å²) in [6.07, 6.45) is 10.2. The molecule has 5 amide bonds. The summed E-state index contributed by atoms with van der Waals surface area (Å²) in [4.78, 5) is 76.1. The summed E-state index contributed by atoms with van der Waals surface area (Å²) < 4.78 is 41.7. The molecule has 3 saturated heterocycles. The van der Waals surface area contributed by atoms with Gasteiger partial charge in [0.2, 0.25) is 11.8 Å². The fourth-order valence-electron chi connectivity index (χ4n) is 9.48. The quantitative estimate of drug-likeness (QED) is 0.340. The van der Waals surface area contributed by atoms with Gasteiger partial charge in [0, 0.05) is 38.5 Å². The summed E-state index contributed by atoms with van der Waals surface area (Å²) in [5.41, 5.74) is -0.117. The number of allylic oxidation sites excluding steroid dienone is 1. The lowest BCUT2D eigenvalue weighted by atomic mass is 9.92. The Morgan fingerprint density at radius 2 is 1.65 bits per heavy atom. The minimum absolute atomic E-state index is 0.0615. The van der Waals surface area contributed by atoms with Crippen LogP contribution in [0.4, 0.5) is 9.59 Å². The number of fused-ring (bicyclic) bond motifs is 3. The molecule has 7 rings (SSSR count). The van der Waals surface area contributed by atoms with Crippen molar-refractivity contribution in [3.05, 3.63) is 47.5 Å². The Kier molecular flexibility index (Phi) is 13.5. The highest BCUT2D eigenvalue weighted by atomic mass is 32.2. The van der Waals surface area contributed by atoms with Gasteiger partial charge in [0.05, 0.1) is 12.6 Å². The van der Waals surface area contributed by atoms with Crippen molar-refractivity contribution in [2.24, 2.45) is 5.92 Å². The summed E-state index contributed by atoms with van der Waals surface area (Å²) in [5, 5.41) is 5.63. The first-order chi connectivity index (χ1) is 28.6. The van der Waals surface area contributed by atoms with Gasteiger partial charge in [-0.3, -0.25) is 19.3 Å². The van der Waals surface area contributed by atoms with Gasteiger partial charge >= 0.3 is 22.4 Å². The van der Waals surface area contributed by atoms with Crippen LogP contribution in [0.15, 0.2) is 36.4 Å². The Morgan fingerprint density at radius 1 is 0.933 bits per heavy atom. The number of hydrogen-bond acceptors (Lipinski definition) is 10. The van der Waals surface area contributed by atoms with E-state index in [-0.39, 0.29) is 31.8 Å². The highest BCUT2D eigenvalue weighted by molar-refractivity contribution is 7.87. The fraction of sp³-hybridized carbons (Fsp3) is 0.698. The van der Waals surface area contributed by atoms with Gasteiger partial charge in [0.1, 0.15) is 29.3 Å². The van der Waals surface area contributed by atoms with Crippen molar-refractivity contribution in [1.29, 1.82) is 0 Å². The van der Waals surface area contributed by atoms with Crippen LogP contribution in [0.1, 0.15) is 115 Å². The summed E-state index contributed by atoms with van der Waals surface area (Å²) in [5.74, 6) is -2.52. The van der Waals surface area contributed by atoms with Crippen LogP contribution >= 0.6 is 0 Å². The molecule has 0 aromatic heterocycles. The summed E-state index contributed by atoms with van der Waals surface area (Å²) in [7, 11) is -4.15. The second kappa shape index (κ2) is 18.4. The van der Waals surface area contributed by atoms with Gasteiger partial charge in [0.15, 0.2) is 0 Å². The first kappa shape index (κ1) is 43.9. The number of carbonyl (C=O) groups excluding carboxylic acids is 5. The van der Waals surface area contributed by atoms with E-state index >= 15 is 0 Å². The SMILES string of the molecule is CC(C)(C)OC(=O)N[C@H]1CCCCC/C=C\C2C[C@@]2(C(=O)NS(=O)(=O)N2CCCC2)NC(=O)[C@@H]2C[C@@H](OC(=O)N3CCc4ccccc4C3CN3CCCCC3)CN2C1=O. The van der Waals surface area contributed by atoms with Gasteiger partial charge in [0.25, 0.3) is 5.91 Å². The third-order valence-electron chi connectivity index (χ3n) is 12.8. The number of hydrogen-bond donors (Lipinski definition) is 3. The Labute approximate surface area is 354 Å². The molecule has 16 nitrogen and oxygen atoms in total. The molecular weight excluding hydrogens is 791 g/mol. The fourth-order valence-corrected chi connectivity index (χ4v) is 10.8. The molecule has 6 atom stereocenters. The lowest BCUT2D eigenvalue weighted by Gasteiger charge is -2.40. The van der Waals surface area contributed by atoms with Crippen LogP contribution in [0.25, 0.3) is 0 Å². The number of likely N-dealkylation sites (tertiary alicyclic amines) is 1. The zero-order valence-electron chi connectivity index (χ0n) is 35.4. The van der Waals surface area contributed by atoms with Crippen molar-refractivity contribution in [1.82, 2.24) is 34.4 Å². The Bertz CT molecular complexity index is 1910. The largest absolute Gasteiger partial charge is 0.444 e. The summed E-state index contributed by atoms with van der Waals surface area (Å²) in [6, 6.07) is 5.69. The van der Waals surface area contributed by atoms with Crippen molar-refractivity contribution in [2.45, 2.75) is 140 Å². The van der Waals surface area contributed by atoms with Crippen LogP contribution in [0, 0.1) is 5.92 Å². The molecule has 17 heteroatoms. The lowest BCUT2D eigenvalue weighted by Crippen LogP contribution is -2.59. The molecule has 0 spiro atoms. The first-order valence-corrected chi connectivity index (χ1v) is 23.5. The van der Waals surface area contributed by atoms with E-state index in [1.54, 1.807) is 25.7 Å². The number of nitrogens with zero attached hydrogens (tertiary/aromatic N) is 4. The minimum atomic E-state index is -4.15. The predicted octanol–water partition coefficient (Wildman–Crippen LogP) is 3.92. The standard InChI is InChI=1S/C43H63N7O9S/c1-42(2,3)59-40(54)44-34-19-9-6-4-5-8-17-31-27-43(31,39(53)46-60(56,57)48-23-14-15-24-48)45-37(51)35-26-32(28-50(35)38(34)52)58-41(55)49-25-20-30-16-10-11-18-33(30)36(49)29-47-21-12-7-13-22-47/h8,10-11,16-18,31-32,34-36H,4-7,9,12-15,19-29H2,1-3H3,(H,44,54)(H,45,51)(H,46,53)/b17-8-/t31?,32-,34+,35+,36?,43-/m1/s1. The van der Waals surface area contributed by atoms with Crippen LogP contribution in [0.3, 0.4) is 0 Å². The summed E-state index contributed by atoms with van der Waals surface area (Å²) in [6.45, 7) is 8.67. The maximum absolute atomic E-state index is 14.6. The van der Waals surface area contributed by atoms with Gasteiger partial charge in [-0.1, -0.05) is 55.7 Å². The van der Waals surface area contributed by atoms with Gasteiger partial charge in [-0.05, 0) is 103 Å². The van der Waals surface area contributed by atoms with Gasteiger partial charge in [-0.15, -0.1) is 0 Å². The number of piperidine rings is 1. The van der Waals surface area contributed by atoms with Crippen molar-refractivity contribution in [3.63, 3.8) is 0 Å². The maximum atomic E-state index is 14.6. The summed E-state index contributed by atoms with van der Waals surface area (Å²) >= 11 is 0. The molecule has 1 aromatic rings. The van der Waals surface area contributed by atoms with E-state index < -0.39 is 75.4 Å². The molecule has 2 unspecified atom stereocenters. The van der Waals surface area contributed by atoms with Gasteiger partial charge < -0.3 is 29.9 Å². The van der Waals surface area contributed by atoms with Gasteiger partial charge in [-0.25, -0.2) is 14.3 Å². The van der Waals surface area contributed by atoms with Gasteiger partial charge in [-0.2, -0.15) is 12.7 Å². The molecule has 1 saturated carbocycles. The smallest absolute Gasteiger partial charge is 0.410 e. The number of ether oxygens (including phenoxy) is 2. The number of alkyl carbamates (subject to hydrolysis) is 1. The number of nitrogens with one attached hydrogen (secondary N) is 3. The topological polar surface area (TPSA) is 187 Å². The average molecular weight is 854 g/mol. The lowest BCUT2D eigenvalue weighted by molar-refractivity contribution is -0.141. The van der Waals surface area contributed by atoms with Crippen LogP contribution < -0.4 is 15.4 Å². The third-order valence-corrected chi connectivity index (χ3v) is 14.2. The number of amides is 5. The molecule has 5 heterocycles. The van der Waals surface area contributed by atoms with Crippen molar-refractivity contribution in [3.8, 4) is 0 Å². The Balaban J connectivity index is 1.15. The van der Waals surface area contributed by atoms with Crippen molar-refractivity contribution < 1.29 is 41.9 Å². The molecule has 4 fully saturated rings. The van der Waals surface area contributed by atoms with E-state index in [9.17, 15) is 32.4 Å². The zero-order chi connectivity index (χ0) is 42.7. The van der Waals surface area contributed by atoms with E-state index in [1.807, 2.05) is 24.3 Å². The Hall–Kier alpha value is -4.22. The number of rotatable bonds is 7. The second-order valence-electron chi connectivity index (χ2n) is 18.3. The van der Waals surface area contributed by atoms with Crippen LogP contribution in [-0.2, 0) is 40.5 Å². The molecule has 0 bridgehead atoms. The third kappa shape index (κ3) is 10.3. The maximum Gasteiger partial charge on any atom is 0.410 e. The van der Waals surface area contributed by atoms with Crippen molar-refractivity contribution >= 4 is 40.1 Å². The average Bonchev–Trinajstić information content (AvgIpc) is 3.50. The molecule has 0 radical (unpaired) electrons. The molecule has 60 heavy (non-hydrogen) atoms. The van der Waals surface area contributed by atoms with E-state index in [0.717, 1.165) is 44.3 Å². The number of carbonyl (C=O) groups is 5. The van der Waals surface area contributed by atoms with Crippen LogP contribution in [-0.4, -0.2) is 132 Å². The Morgan fingerprint density at radius 3 is 2.40 bits per heavy atom. The van der Waals surface area contributed by atoms with E-state index in [1.165, 1.54) is 21.2 Å². The van der Waals surface area contributed by atoms with Crippen LogP contribution in [0.2, 0.25) is 0 Å². The van der Waals surface area contributed by atoms with E-state index in [4.69, 9.17) is 9.47 Å². The normalized spacial score (nSPS) is 30.1. The minimum Gasteiger partial charge on any atom is -0.444 e. The first-order valence-electron chi connectivity index (χ1n) is 22.0. The molecule has 330 valence electrons.